The second-order valence-electron chi connectivity index (χ2n) is 5.96. The molecular weight excluding hydrogens is 312 g/mol. The Balaban J connectivity index is 1.63. The molecule has 4 rings (SSSR count). The van der Waals surface area contributed by atoms with E-state index in [1.807, 2.05) is 24.4 Å². The van der Waals surface area contributed by atoms with E-state index in [9.17, 15) is 4.79 Å². The summed E-state index contributed by atoms with van der Waals surface area (Å²) in [6.07, 6.45) is 5.51. The summed E-state index contributed by atoms with van der Waals surface area (Å²) < 4.78 is 1.33. The molecule has 25 heavy (non-hydrogen) atoms. The van der Waals surface area contributed by atoms with E-state index < -0.39 is 0 Å². The molecule has 0 fully saturated rings. The molecule has 122 valence electrons. The minimum atomic E-state index is -0.158. The Labute approximate surface area is 144 Å². The fourth-order valence-corrected chi connectivity index (χ4v) is 2.86. The molecule has 0 radical (unpaired) electrons. The normalized spacial score (nSPS) is 15.6. The van der Waals surface area contributed by atoms with E-state index in [0.29, 0.717) is 5.69 Å². The lowest BCUT2D eigenvalue weighted by molar-refractivity contribution is 0.815. The Morgan fingerprint density at radius 1 is 1.12 bits per heavy atom. The quantitative estimate of drug-likeness (QED) is 0.750. The number of nitrogens with zero attached hydrogens (tertiary/aromatic N) is 3. The molecule has 1 atom stereocenters. The van der Waals surface area contributed by atoms with Crippen molar-refractivity contribution in [2.45, 2.75) is 5.92 Å². The van der Waals surface area contributed by atoms with Crippen molar-refractivity contribution in [3.8, 4) is 11.1 Å². The zero-order valence-electron chi connectivity index (χ0n) is 13.7. The summed E-state index contributed by atoms with van der Waals surface area (Å²) in [5.74, 6) is 0.162. The van der Waals surface area contributed by atoms with Crippen LogP contribution in [-0.4, -0.2) is 14.5 Å². The van der Waals surface area contributed by atoms with Crippen molar-refractivity contribution in [1.29, 1.82) is 0 Å². The molecule has 2 aromatic heterocycles. The predicted octanol–water partition coefficient (Wildman–Crippen LogP) is 2.76. The zero-order chi connectivity index (χ0) is 17.4. The highest BCUT2D eigenvalue weighted by atomic mass is 16.1. The number of benzene rings is 1. The van der Waals surface area contributed by atoms with Crippen LogP contribution in [0.3, 0.4) is 0 Å². The largest absolute Gasteiger partial charge is 0.369 e. The maximum Gasteiger partial charge on any atom is 0.254 e. The van der Waals surface area contributed by atoms with Crippen molar-refractivity contribution >= 4 is 11.5 Å². The van der Waals surface area contributed by atoms with Crippen LogP contribution in [0.4, 0.5) is 5.95 Å². The van der Waals surface area contributed by atoms with Gasteiger partial charge < -0.3 is 5.73 Å². The number of rotatable bonds is 3. The second kappa shape index (κ2) is 5.89. The van der Waals surface area contributed by atoms with Crippen molar-refractivity contribution < 1.29 is 0 Å². The van der Waals surface area contributed by atoms with E-state index >= 15 is 0 Å². The Hall–Kier alpha value is -3.43. The first kappa shape index (κ1) is 15.1. The third-order valence-electron chi connectivity index (χ3n) is 4.42. The van der Waals surface area contributed by atoms with Crippen molar-refractivity contribution in [1.82, 2.24) is 14.5 Å². The van der Waals surface area contributed by atoms with Crippen LogP contribution in [-0.2, 0) is 7.05 Å². The van der Waals surface area contributed by atoms with Crippen LogP contribution in [0.1, 0.15) is 17.2 Å². The predicted molar refractivity (Wildman–Crippen MR) is 97.8 cm³/mol. The van der Waals surface area contributed by atoms with Gasteiger partial charge in [0.15, 0.2) is 0 Å². The van der Waals surface area contributed by atoms with Gasteiger partial charge in [0.2, 0.25) is 5.95 Å². The smallest absolute Gasteiger partial charge is 0.254 e. The molecule has 1 aromatic carbocycles. The van der Waals surface area contributed by atoms with E-state index in [0.717, 1.165) is 22.3 Å². The Kier molecular flexibility index (Phi) is 3.56. The average molecular weight is 328 g/mol. The van der Waals surface area contributed by atoms with Gasteiger partial charge in [0.1, 0.15) is 0 Å². The number of nitrogen functional groups attached to an aromatic ring is 1. The number of anilines is 1. The first-order valence-electron chi connectivity index (χ1n) is 7.94. The van der Waals surface area contributed by atoms with Crippen LogP contribution < -0.4 is 11.3 Å². The molecule has 0 amide bonds. The molecule has 5 heteroatoms. The van der Waals surface area contributed by atoms with E-state index in [4.69, 9.17) is 5.73 Å². The Bertz CT molecular complexity index is 1060. The Morgan fingerprint density at radius 2 is 1.88 bits per heavy atom. The fraction of sp³-hybridized carbons (Fsp3) is 0.100. The monoisotopic (exact) mass is 328 g/mol. The highest BCUT2D eigenvalue weighted by molar-refractivity contribution is 5.78. The molecule has 1 aliphatic rings. The highest BCUT2D eigenvalue weighted by Gasteiger charge is 2.23. The number of allylic oxidation sites excluding steroid dienone is 1. The van der Waals surface area contributed by atoms with Crippen LogP contribution in [0.2, 0.25) is 0 Å². The van der Waals surface area contributed by atoms with Gasteiger partial charge in [0, 0.05) is 31.1 Å². The zero-order valence-corrected chi connectivity index (χ0v) is 13.7. The molecule has 1 aliphatic carbocycles. The van der Waals surface area contributed by atoms with Crippen molar-refractivity contribution in [3.63, 3.8) is 0 Å². The van der Waals surface area contributed by atoms with Gasteiger partial charge >= 0.3 is 0 Å². The molecule has 2 heterocycles. The SMILES string of the molecule is Cn1c(N)nc([C@H]2C=C=C2c2ccc(-c3cccnc3)cc2)cc1=O. The minimum absolute atomic E-state index is 0.0551. The highest BCUT2D eigenvalue weighted by Crippen LogP contribution is 2.37. The van der Waals surface area contributed by atoms with Gasteiger partial charge in [0.05, 0.1) is 11.6 Å². The van der Waals surface area contributed by atoms with Gasteiger partial charge in [-0.1, -0.05) is 30.3 Å². The standard InChI is InChI=1S/C20H16N4O/c1-24-19(25)11-18(23-20(24)21)17-9-8-16(17)14-6-4-13(5-7-14)15-3-2-10-22-12-15/h2-7,9-12,17H,1H3,(H2,21,23)/t17-/m0/s1. The molecule has 3 aromatic rings. The van der Waals surface area contributed by atoms with E-state index in [1.54, 1.807) is 13.2 Å². The molecule has 2 N–H and O–H groups in total. The van der Waals surface area contributed by atoms with E-state index in [2.05, 4.69) is 40.0 Å². The number of hydrogen-bond donors (Lipinski definition) is 1. The average Bonchev–Trinajstić information content (AvgIpc) is 2.60. The van der Waals surface area contributed by atoms with Crippen LogP contribution in [0, 0.1) is 0 Å². The lowest BCUT2D eigenvalue weighted by Gasteiger charge is -2.21. The lowest BCUT2D eigenvalue weighted by atomic mass is 9.84. The van der Waals surface area contributed by atoms with Crippen molar-refractivity contribution in [2.24, 2.45) is 7.05 Å². The number of hydrogen-bond acceptors (Lipinski definition) is 4. The Morgan fingerprint density at radius 3 is 2.48 bits per heavy atom. The third kappa shape index (κ3) is 2.67. The molecule has 0 bridgehead atoms. The van der Waals surface area contributed by atoms with Gasteiger partial charge in [-0.15, -0.1) is 5.73 Å². The fourth-order valence-electron chi connectivity index (χ4n) is 2.86. The molecule has 0 spiro atoms. The van der Waals surface area contributed by atoms with Gasteiger partial charge in [-0.05, 0) is 28.8 Å². The first-order chi connectivity index (χ1) is 12.1. The van der Waals surface area contributed by atoms with Crippen LogP contribution in [0.25, 0.3) is 16.7 Å². The molecule has 0 unspecified atom stereocenters. The first-order valence-corrected chi connectivity index (χ1v) is 7.94. The van der Waals surface area contributed by atoms with Crippen LogP contribution in [0.5, 0.6) is 0 Å². The summed E-state index contributed by atoms with van der Waals surface area (Å²) in [6, 6.07) is 13.7. The van der Waals surface area contributed by atoms with E-state index in [-0.39, 0.29) is 17.4 Å². The van der Waals surface area contributed by atoms with Gasteiger partial charge in [-0.3, -0.25) is 14.3 Å². The number of nitrogens with two attached hydrogens (primary N) is 1. The van der Waals surface area contributed by atoms with Crippen LogP contribution in [0.15, 0.2) is 71.5 Å². The molecule has 0 saturated heterocycles. The number of aromatic nitrogens is 3. The van der Waals surface area contributed by atoms with Gasteiger partial charge in [-0.2, -0.15) is 0 Å². The topological polar surface area (TPSA) is 73.8 Å². The second-order valence-corrected chi connectivity index (χ2v) is 5.96. The number of pyridine rings is 1. The summed E-state index contributed by atoms with van der Waals surface area (Å²) >= 11 is 0. The van der Waals surface area contributed by atoms with Crippen molar-refractivity contribution in [3.05, 3.63) is 88.3 Å². The molecule has 0 aliphatic heterocycles. The van der Waals surface area contributed by atoms with E-state index in [1.165, 1.54) is 10.6 Å². The summed E-state index contributed by atoms with van der Waals surface area (Å²) in [6.45, 7) is 0. The molecule has 5 nitrogen and oxygen atoms in total. The van der Waals surface area contributed by atoms with Crippen molar-refractivity contribution in [2.75, 3.05) is 5.73 Å². The lowest BCUT2D eigenvalue weighted by Crippen LogP contribution is -2.23. The summed E-state index contributed by atoms with van der Waals surface area (Å²) in [4.78, 5) is 20.4. The molecular formula is C20H16N4O. The van der Waals surface area contributed by atoms with Gasteiger partial charge in [0.25, 0.3) is 5.56 Å². The maximum absolute atomic E-state index is 11.9. The van der Waals surface area contributed by atoms with Gasteiger partial charge in [-0.25, -0.2) is 4.98 Å². The third-order valence-corrected chi connectivity index (χ3v) is 4.42. The summed E-state index contributed by atoms with van der Waals surface area (Å²) in [7, 11) is 1.61. The van der Waals surface area contributed by atoms with Crippen LogP contribution >= 0.6 is 0 Å². The molecule has 0 saturated carbocycles. The maximum atomic E-state index is 11.9. The summed E-state index contributed by atoms with van der Waals surface area (Å²) in [5, 5.41) is 0. The summed E-state index contributed by atoms with van der Waals surface area (Å²) in [5.41, 5.74) is 13.8. The minimum Gasteiger partial charge on any atom is -0.369 e.